The highest BCUT2D eigenvalue weighted by Crippen LogP contribution is 2.29. The largest absolute Gasteiger partial charge is 0.416 e. The van der Waals surface area contributed by atoms with Crippen LogP contribution in [0.15, 0.2) is 34.9 Å². The molecule has 1 aliphatic rings. The van der Waals surface area contributed by atoms with Gasteiger partial charge in [0.25, 0.3) is 5.91 Å². The number of carbonyl (C=O) groups excluding carboxylic acids is 1. The van der Waals surface area contributed by atoms with Gasteiger partial charge in [-0.15, -0.1) is 0 Å². The number of rotatable bonds is 3. The Hall–Kier alpha value is -2.35. The molecule has 0 radical (unpaired) electrons. The van der Waals surface area contributed by atoms with Crippen LogP contribution in [-0.2, 0) is 12.7 Å². The van der Waals surface area contributed by atoms with Crippen molar-refractivity contribution in [2.45, 2.75) is 26.1 Å². The molecule has 1 saturated heterocycles. The van der Waals surface area contributed by atoms with E-state index < -0.39 is 11.7 Å². The molecule has 1 aromatic heterocycles. The molecule has 1 aromatic carbocycles. The van der Waals surface area contributed by atoms with E-state index in [-0.39, 0.29) is 11.7 Å². The Labute approximate surface area is 149 Å². The van der Waals surface area contributed by atoms with Crippen LogP contribution in [-0.4, -0.2) is 47.0 Å². The summed E-state index contributed by atoms with van der Waals surface area (Å²) in [5.74, 6) is 0.0562. The molecule has 2 heterocycles. The summed E-state index contributed by atoms with van der Waals surface area (Å²) in [5, 5.41) is 3.74. The zero-order chi connectivity index (χ0) is 18.7. The monoisotopic (exact) mass is 367 g/mol. The first-order valence-electron chi connectivity index (χ1n) is 8.44. The number of benzene rings is 1. The maximum atomic E-state index is 12.6. The predicted octanol–water partition coefficient (Wildman–Crippen LogP) is 3.35. The minimum absolute atomic E-state index is 0.179. The van der Waals surface area contributed by atoms with Crippen LogP contribution in [0, 0.1) is 6.92 Å². The molecule has 0 atom stereocenters. The lowest BCUT2D eigenvalue weighted by Crippen LogP contribution is -2.34. The minimum Gasteiger partial charge on any atom is -0.351 e. The van der Waals surface area contributed by atoms with Crippen LogP contribution in [0.5, 0.6) is 0 Å². The Kier molecular flexibility index (Phi) is 5.31. The number of aromatic nitrogens is 1. The van der Waals surface area contributed by atoms with Crippen molar-refractivity contribution in [3.05, 3.63) is 52.9 Å². The maximum absolute atomic E-state index is 12.6. The van der Waals surface area contributed by atoms with Gasteiger partial charge in [0.05, 0.1) is 11.3 Å². The average molecular weight is 367 g/mol. The molecule has 0 saturated carbocycles. The number of hydrogen-bond acceptors (Lipinski definition) is 4. The highest BCUT2D eigenvalue weighted by molar-refractivity contribution is 5.91. The Morgan fingerprint density at radius 1 is 1.15 bits per heavy atom. The standard InChI is InChI=1S/C18H20F3N3O2/c1-13-11-16(26-22-13)17(25)24-8-2-7-23(9-10-24)12-14-3-5-15(6-4-14)18(19,20)21/h3-6,11H,2,7-10,12H2,1H3. The summed E-state index contributed by atoms with van der Waals surface area (Å²) >= 11 is 0. The van der Waals surface area contributed by atoms with Crippen molar-refractivity contribution in [3.8, 4) is 0 Å². The van der Waals surface area contributed by atoms with Crippen LogP contribution in [0.3, 0.4) is 0 Å². The summed E-state index contributed by atoms with van der Waals surface area (Å²) in [5.41, 5.74) is 0.840. The molecule has 1 amide bonds. The molecule has 8 heteroatoms. The predicted molar refractivity (Wildman–Crippen MR) is 88.5 cm³/mol. The van der Waals surface area contributed by atoms with Gasteiger partial charge in [-0.1, -0.05) is 17.3 Å². The van der Waals surface area contributed by atoms with Gasteiger partial charge in [-0.25, -0.2) is 0 Å². The van der Waals surface area contributed by atoms with Crippen LogP contribution < -0.4 is 0 Å². The van der Waals surface area contributed by atoms with E-state index in [2.05, 4.69) is 10.1 Å². The molecule has 0 aliphatic carbocycles. The van der Waals surface area contributed by atoms with Crippen molar-refractivity contribution in [2.24, 2.45) is 0 Å². The number of aryl methyl sites for hydroxylation is 1. The van der Waals surface area contributed by atoms with Crippen LogP contribution in [0.2, 0.25) is 0 Å². The van der Waals surface area contributed by atoms with Crippen LogP contribution in [0.4, 0.5) is 13.2 Å². The number of nitrogens with zero attached hydrogens (tertiary/aromatic N) is 3. The van der Waals surface area contributed by atoms with Gasteiger partial charge in [0.2, 0.25) is 5.76 Å². The summed E-state index contributed by atoms with van der Waals surface area (Å²) in [4.78, 5) is 16.3. The third-order valence-electron chi connectivity index (χ3n) is 4.40. The molecule has 0 unspecified atom stereocenters. The van der Waals surface area contributed by atoms with Gasteiger partial charge >= 0.3 is 6.18 Å². The van der Waals surface area contributed by atoms with Crippen molar-refractivity contribution < 1.29 is 22.5 Å². The van der Waals surface area contributed by atoms with Crippen molar-refractivity contribution in [1.29, 1.82) is 0 Å². The zero-order valence-corrected chi connectivity index (χ0v) is 14.4. The number of carbonyl (C=O) groups is 1. The molecule has 3 rings (SSSR count). The highest BCUT2D eigenvalue weighted by atomic mass is 19.4. The molecular weight excluding hydrogens is 347 g/mol. The van der Waals surface area contributed by atoms with Crippen molar-refractivity contribution >= 4 is 5.91 Å². The molecule has 0 N–H and O–H groups in total. The lowest BCUT2D eigenvalue weighted by atomic mass is 10.1. The first kappa shape index (κ1) is 18.4. The average Bonchev–Trinajstić information content (AvgIpc) is 2.89. The number of alkyl halides is 3. The minimum atomic E-state index is -4.32. The third-order valence-corrected chi connectivity index (χ3v) is 4.40. The van der Waals surface area contributed by atoms with E-state index in [0.717, 1.165) is 30.7 Å². The Morgan fingerprint density at radius 2 is 1.88 bits per heavy atom. The van der Waals surface area contributed by atoms with Gasteiger partial charge < -0.3 is 9.42 Å². The first-order valence-corrected chi connectivity index (χ1v) is 8.44. The van der Waals surface area contributed by atoms with Gasteiger partial charge in [-0.2, -0.15) is 13.2 Å². The summed E-state index contributed by atoms with van der Waals surface area (Å²) in [6.45, 7) is 4.90. The lowest BCUT2D eigenvalue weighted by Gasteiger charge is -2.21. The van der Waals surface area contributed by atoms with E-state index in [1.54, 1.807) is 17.9 Å². The van der Waals surface area contributed by atoms with Crippen LogP contribution in [0.25, 0.3) is 0 Å². The van der Waals surface area contributed by atoms with Gasteiger partial charge in [0.15, 0.2) is 0 Å². The second-order valence-corrected chi connectivity index (χ2v) is 6.45. The SMILES string of the molecule is Cc1cc(C(=O)N2CCCN(Cc3ccc(C(F)(F)F)cc3)CC2)on1. The molecule has 1 fully saturated rings. The first-order chi connectivity index (χ1) is 12.3. The van der Waals surface area contributed by atoms with E-state index in [1.165, 1.54) is 12.1 Å². The van der Waals surface area contributed by atoms with E-state index >= 15 is 0 Å². The number of hydrogen-bond donors (Lipinski definition) is 0. The molecule has 26 heavy (non-hydrogen) atoms. The topological polar surface area (TPSA) is 49.6 Å². The Balaban J connectivity index is 1.58. The highest BCUT2D eigenvalue weighted by Gasteiger charge is 2.30. The smallest absolute Gasteiger partial charge is 0.351 e. The fourth-order valence-electron chi connectivity index (χ4n) is 3.01. The molecule has 140 valence electrons. The van der Waals surface area contributed by atoms with Gasteiger partial charge in [0, 0.05) is 38.8 Å². The van der Waals surface area contributed by atoms with E-state index in [0.29, 0.717) is 31.9 Å². The zero-order valence-electron chi connectivity index (χ0n) is 14.4. The third kappa shape index (κ3) is 4.43. The number of amides is 1. The molecule has 1 aliphatic heterocycles. The second-order valence-electron chi connectivity index (χ2n) is 6.45. The molecule has 0 bridgehead atoms. The van der Waals surface area contributed by atoms with Gasteiger partial charge in [-0.05, 0) is 31.0 Å². The molecule has 2 aromatic rings. The lowest BCUT2D eigenvalue weighted by molar-refractivity contribution is -0.137. The van der Waals surface area contributed by atoms with Crippen molar-refractivity contribution in [1.82, 2.24) is 15.0 Å². The van der Waals surface area contributed by atoms with E-state index in [1.807, 2.05) is 0 Å². The summed E-state index contributed by atoms with van der Waals surface area (Å²) in [6, 6.07) is 6.85. The second kappa shape index (κ2) is 7.49. The van der Waals surface area contributed by atoms with Gasteiger partial charge in [0.1, 0.15) is 0 Å². The fourth-order valence-corrected chi connectivity index (χ4v) is 3.01. The van der Waals surface area contributed by atoms with Gasteiger partial charge in [-0.3, -0.25) is 9.69 Å². The maximum Gasteiger partial charge on any atom is 0.416 e. The van der Waals surface area contributed by atoms with Crippen LogP contribution >= 0.6 is 0 Å². The molecular formula is C18H20F3N3O2. The Bertz CT molecular complexity index is 756. The van der Waals surface area contributed by atoms with Crippen LogP contribution in [0.1, 0.15) is 33.8 Å². The molecule has 0 spiro atoms. The quantitative estimate of drug-likeness (QED) is 0.835. The van der Waals surface area contributed by atoms with E-state index in [4.69, 9.17) is 4.52 Å². The summed E-state index contributed by atoms with van der Waals surface area (Å²) < 4.78 is 42.9. The van der Waals surface area contributed by atoms with E-state index in [9.17, 15) is 18.0 Å². The summed E-state index contributed by atoms with van der Waals surface area (Å²) in [6.07, 6.45) is -3.53. The fraction of sp³-hybridized carbons (Fsp3) is 0.444. The number of halogens is 3. The Morgan fingerprint density at radius 3 is 2.50 bits per heavy atom. The normalized spacial score (nSPS) is 16.5. The summed E-state index contributed by atoms with van der Waals surface area (Å²) in [7, 11) is 0. The van der Waals surface area contributed by atoms with Crippen molar-refractivity contribution in [2.75, 3.05) is 26.2 Å². The molecule has 5 nitrogen and oxygen atoms in total. The van der Waals surface area contributed by atoms with Crippen molar-refractivity contribution in [3.63, 3.8) is 0 Å².